The maximum absolute atomic E-state index is 12.9. The third kappa shape index (κ3) is 2.52. The summed E-state index contributed by atoms with van der Waals surface area (Å²) in [5.74, 6) is 0.385. The van der Waals surface area contributed by atoms with Crippen molar-refractivity contribution >= 4 is 5.91 Å². The van der Waals surface area contributed by atoms with Crippen LogP contribution in [0.15, 0.2) is 48.5 Å². The minimum Gasteiger partial charge on any atom is -0.496 e. The molecule has 4 heteroatoms. The number of nitriles is 1. The zero-order chi connectivity index (χ0) is 17.3. The zero-order valence-corrected chi connectivity index (χ0v) is 14.1. The van der Waals surface area contributed by atoms with Gasteiger partial charge in [0.05, 0.1) is 18.7 Å². The molecular weight excluding hydrogens is 300 g/mol. The lowest BCUT2D eigenvalue weighted by molar-refractivity contribution is 0.0719. The van der Waals surface area contributed by atoms with Gasteiger partial charge in [-0.05, 0) is 11.6 Å². The van der Waals surface area contributed by atoms with E-state index >= 15 is 0 Å². The Bertz CT molecular complexity index is 806. The molecule has 0 N–H and O–H groups in total. The molecule has 1 amide bonds. The van der Waals surface area contributed by atoms with Gasteiger partial charge < -0.3 is 9.64 Å². The van der Waals surface area contributed by atoms with Gasteiger partial charge in [-0.15, -0.1) is 0 Å². The molecule has 1 aliphatic heterocycles. The molecule has 0 radical (unpaired) electrons. The van der Waals surface area contributed by atoms with E-state index in [-0.39, 0.29) is 11.3 Å². The standard InChI is InChI=1S/C20H20N2O2/c1-20(2,14-8-5-4-6-9-14)13-22-16(12-21)15-10-7-11-17(24-3)18(15)19(22)23/h4-11,16H,13H2,1-3H3. The van der Waals surface area contributed by atoms with Crippen molar-refractivity contribution in [1.82, 2.24) is 4.90 Å². The van der Waals surface area contributed by atoms with Gasteiger partial charge in [0.25, 0.3) is 5.91 Å². The van der Waals surface area contributed by atoms with Crippen molar-refractivity contribution in [2.24, 2.45) is 0 Å². The summed E-state index contributed by atoms with van der Waals surface area (Å²) in [6, 6.07) is 17.2. The molecule has 0 bridgehead atoms. The summed E-state index contributed by atoms with van der Waals surface area (Å²) in [5, 5.41) is 9.65. The second-order valence-electron chi connectivity index (χ2n) is 6.64. The molecule has 0 aromatic heterocycles. The maximum Gasteiger partial charge on any atom is 0.259 e. The van der Waals surface area contributed by atoms with Crippen LogP contribution in [0.25, 0.3) is 0 Å². The Labute approximate surface area is 142 Å². The maximum atomic E-state index is 12.9. The summed E-state index contributed by atoms with van der Waals surface area (Å²) >= 11 is 0. The molecule has 4 nitrogen and oxygen atoms in total. The Morgan fingerprint density at radius 2 is 1.88 bits per heavy atom. The lowest BCUT2D eigenvalue weighted by Gasteiger charge is -2.32. The largest absolute Gasteiger partial charge is 0.496 e. The van der Waals surface area contributed by atoms with Gasteiger partial charge in [0, 0.05) is 17.5 Å². The number of carbonyl (C=O) groups excluding carboxylic acids is 1. The van der Waals surface area contributed by atoms with Crippen molar-refractivity contribution in [3.63, 3.8) is 0 Å². The van der Waals surface area contributed by atoms with Crippen LogP contribution < -0.4 is 4.74 Å². The SMILES string of the molecule is COc1cccc2c1C(=O)N(CC(C)(C)c1ccccc1)C2C#N. The van der Waals surface area contributed by atoms with E-state index in [1.54, 1.807) is 18.1 Å². The van der Waals surface area contributed by atoms with Gasteiger partial charge in [0.1, 0.15) is 11.8 Å². The van der Waals surface area contributed by atoms with Crippen LogP contribution in [0.3, 0.4) is 0 Å². The van der Waals surface area contributed by atoms with Crippen LogP contribution in [-0.2, 0) is 5.41 Å². The second kappa shape index (κ2) is 6.01. The second-order valence-corrected chi connectivity index (χ2v) is 6.64. The Morgan fingerprint density at radius 1 is 1.17 bits per heavy atom. The fourth-order valence-corrected chi connectivity index (χ4v) is 3.31. The minimum absolute atomic E-state index is 0.141. The molecule has 0 saturated heterocycles. The quantitative estimate of drug-likeness (QED) is 0.863. The van der Waals surface area contributed by atoms with Crippen LogP contribution in [0, 0.1) is 11.3 Å². The van der Waals surface area contributed by atoms with E-state index in [1.165, 1.54) is 0 Å². The number of ether oxygens (including phenoxy) is 1. The Kier molecular flexibility index (Phi) is 4.02. The topological polar surface area (TPSA) is 53.3 Å². The first kappa shape index (κ1) is 16.1. The molecule has 0 fully saturated rings. The van der Waals surface area contributed by atoms with Gasteiger partial charge in [0.15, 0.2) is 0 Å². The predicted molar refractivity (Wildman–Crippen MR) is 91.9 cm³/mol. The van der Waals surface area contributed by atoms with Crippen molar-refractivity contribution < 1.29 is 9.53 Å². The molecule has 3 rings (SSSR count). The van der Waals surface area contributed by atoms with Crippen LogP contribution in [-0.4, -0.2) is 24.5 Å². The lowest BCUT2D eigenvalue weighted by atomic mass is 9.84. The molecule has 1 aliphatic rings. The van der Waals surface area contributed by atoms with Crippen molar-refractivity contribution in [1.29, 1.82) is 5.26 Å². The van der Waals surface area contributed by atoms with Crippen LogP contribution in [0.1, 0.15) is 41.4 Å². The average molecular weight is 320 g/mol. The molecule has 0 aliphatic carbocycles. The number of amides is 1. The number of benzene rings is 2. The first-order chi connectivity index (χ1) is 11.5. The van der Waals surface area contributed by atoms with Crippen LogP contribution in [0.5, 0.6) is 5.75 Å². The Balaban J connectivity index is 1.98. The number of hydrogen-bond acceptors (Lipinski definition) is 3. The van der Waals surface area contributed by atoms with Crippen molar-refractivity contribution in [3.05, 3.63) is 65.2 Å². The predicted octanol–water partition coefficient (Wildman–Crippen LogP) is 3.69. The highest BCUT2D eigenvalue weighted by Gasteiger charge is 2.41. The summed E-state index contributed by atoms with van der Waals surface area (Å²) in [7, 11) is 1.54. The van der Waals surface area contributed by atoms with Gasteiger partial charge in [-0.25, -0.2) is 0 Å². The molecule has 2 aromatic carbocycles. The first-order valence-electron chi connectivity index (χ1n) is 7.92. The number of carbonyl (C=O) groups is 1. The molecule has 1 heterocycles. The number of rotatable bonds is 4. The third-order valence-electron chi connectivity index (χ3n) is 4.60. The fraction of sp³-hybridized carbons (Fsp3) is 0.300. The van der Waals surface area contributed by atoms with Gasteiger partial charge in [-0.1, -0.05) is 56.3 Å². The minimum atomic E-state index is -0.578. The molecule has 2 aromatic rings. The molecule has 24 heavy (non-hydrogen) atoms. The number of fused-ring (bicyclic) bond motifs is 1. The van der Waals surface area contributed by atoms with Gasteiger partial charge in [-0.2, -0.15) is 5.26 Å². The summed E-state index contributed by atoms with van der Waals surface area (Å²) in [6.45, 7) is 4.64. The van der Waals surface area contributed by atoms with E-state index in [1.807, 2.05) is 30.3 Å². The normalized spacial score (nSPS) is 16.7. The zero-order valence-electron chi connectivity index (χ0n) is 14.1. The van der Waals surface area contributed by atoms with Crippen LogP contribution in [0.4, 0.5) is 0 Å². The van der Waals surface area contributed by atoms with Crippen molar-refractivity contribution in [2.45, 2.75) is 25.3 Å². The molecule has 0 spiro atoms. The van der Waals surface area contributed by atoms with Crippen molar-refractivity contribution in [3.8, 4) is 11.8 Å². The first-order valence-corrected chi connectivity index (χ1v) is 7.92. The number of hydrogen-bond donors (Lipinski definition) is 0. The smallest absolute Gasteiger partial charge is 0.259 e. The lowest BCUT2D eigenvalue weighted by Crippen LogP contribution is -2.39. The Hall–Kier alpha value is -2.80. The molecular formula is C20H20N2O2. The summed E-state index contributed by atoms with van der Waals surface area (Å²) in [5.41, 5.74) is 2.11. The van der Waals surface area contributed by atoms with E-state index in [0.717, 1.165) is 11.1 Å². The van der Waals surface area contributed by atoms with E-state index in [0.29, 0.717) is 17.9 Å². The van der Waals surface area contributed by atoms with E-state index in [2.05, 4.69) is 32.0 Å². The third-order valence-corrected chi connectivity index (χ3v) is 4.60. The highest BCUT2D eigenvalue weighted by atomic mass is 16.5. The van der Waals surface area contributed by atoms with Gasteiger partial charge >= 0.3 is 0 Å². The van der Waals surface area contributed by atoms with Crippen LogP contribution >= 0.6 is 0 Å². The van der Waals surface area contributed by atoms with E-state index in [4.69, 9.17) is 4.74 Å². The molecule has 0 saturated carbocycles. The molecule has 1 unspecified atom stereocenters. The molecule has 122 valence electrons. The highest BCUT2D eigenvalue weighted by Crippen LogP contribution is 2.40. The summed E-state index contributed by atoms with van der Waals surface area (Å²) < 4.78 is 5.33. The van der Waals surface area contributed by atoms with E-state index in [9.17, 15) is 10.1 Å². The monoisotopic (exact) mass is 320 g/mol. The number of nitrogens with zero attached hydrogens (tertiary/aromatic N) is 2. The van der Waals surface area contributed by atoms with E-state index < -0.39 is 6.04 Å². The van der Waals surface area contributed by atoms with Gasteiger partial charge in [0.2, 0.25) is 0 Å². The average Bonchev–Trinajstić information content (AvgIpc) is 2.87. The Morgan fingerprint density at radius 3 is 2.50 bits per heavy atom. The fourth-order valence-electron chi connectivity index (χ4n) is 3.31. The van der Waals surface area contributed by atoms with Crippen LogP contribution in [0.2, 0.25) is 0 Å². The highest BCUT2D eigenvalue weighted by molar-refractivity contribution is 6.02. The summed E-state index contributed by atoms with van der Waals surface area (Å²) in [6.07, 6.45) is 0. The van der Waals surface area contributed by atoms with Gasteiger partial charge in [-0.3, -0.25) is 4.79 Å². The van der Waals surface area contributed by atoms with Crippen molar-refractivity contribution in [2.75, 3.05) is 13.7 Å². The number of methoxy groups -OCH3 is 1. The molecule has 1 atom stereocenters. The summed E-state index contributed by atoms with van der Waals surface area (Å²) in [4.78, 5) is 14.6.